The van der Waals surface area contributed by atoms with Gasteiger partial charge in [0.15, 0.2) is 0 Å². The molecule has 0 heterocycles. The molecule has 7 heavy (non-hydrogen) atoms. The van der Waals surface area contributed by atoms with Crippen molar-refractivity contribution in [1.29, 1.82) is 0 Å². The fourth-order valence-electron chi connectivity index (χ4n) is 0.402. The van der Waals surface area contributed by atoms with Crippen molar-refractivity contribution in [3.8, 4) is 0 Å². The van der Waals surface area contributed by atoms with Crippen molar-refractivity contribution < 1.29 is 15.0 Å². The Bertz CT molecular complexity index is 33.4. The normalized spacial score (nSPS) is 11.7. The quantitative estimate of drug-likeness (QED) is 0.530. The van der Waals surface area contributed by atoms with Gasteiger partial charge in [-0.2, -0.15) is 0 Å². The molecule has 49 valence electrons. The molecule has 0 amide bonds. The predicted molar refractivity (Wildman–Crippen MR) is 30.2 cm³/mol. The molecule has 0 unspecified atom stereocenters. The van der Waals surface area contributed by atoms with E-state index < -0.39 is 0 Å². The Morgan fingerprint density at radius 2 is 1.14 bits per heavy atom. The first-order valence-electron chi connectivity index (χ1n) is 2.66. The first-order chi connectivity index (χ1) is 3.13. The van der Waals surface area contributed by atoms with E-state index in [4.69, 9.17) is 0 Å². The van der Waals surface area contributed by atoms with Crippen molar-refractivity contribution in [2.24, 2.45) is 0 Å². The summed E-state index contributed by atoms with van der Waals surface area (Å²) in [7, 11) is 0. The van der Waals surface area contributed by atoms with E-state index in [-0.39, 0.29) is 0 Å². The Morgan fingerprint density at radius 1 is 0.857 bits per heavy atom. The molecular formula is C6H14Cu. The maximum atomic E-state index is 2.22. The van der Waals surface area contributed by atoms with Crippen LogP contribution in [0.2, 0.25) is 9.63 Å². The van der Waals surface area contributed by atoms with E-state index in [0.717, 1.165) is 9.63 Å². The molecular weight excluding hydrogens is 136 g/mol. The van der Waals surface area contributed by atoms with E-state index in [0.29, 0.717) is 0 Å². The molecule has 0 atom stereocenters. The van der Waals surface area contributed by atoms with Crippen LogP contribution in [0.5, 0.6) is 0 Å². The molecule has 0 nitrogen and oxygen atoms in total. The van der Waals surface area contributed by atoms with Crippen LogP contribution in [0.25, 0.3) is 0 Å². The van der Waals surface area contributed by atoms with Crippen molar-refractivity contribution >= 4 is 0 Å². The molecule has 0 aromatic rings. The molecule has 0 spiro atoms. The van der Waals surface area contributed by atoms with E-state index in [1.54, 1.807) is 0 Å². The summed E-state index contributed by atoms with van der Waals surface area (Å²) in [5.74, 6) is 0. The van der Waals surface area contributed by atoms with E-state index in [9.17, 15) is 0 Å². The van der Waals surface area contributed by atoms with Gasteiger partial charge in [-0.15, -0.1) is 0 Å². The second kappa shape index (κ2) is 3.51. The van der Waals surface area contributed by atoms with Gasteiger partial charge in [0.05, 0.1) is 0 Å². The zero-order valence-corrected chi connectivity index (χ0v) is 6.40. The Hall–Kier alpha value is 0.519. The summed E-state index contributed by atoms with van der Waals surface area (Å²) < 4.78 is 0. The van der Waals surface area contributed by atoms with Gasteiger partial charge in [0.25, 0.3) is 0 Å². The summed E-state index contributed by atoms with van der Waals surface area (Å²) in [4.78, 5) is 1.56. The van der Waals surface area contributed by atoms with Crippen molar-refractivity contribution in [3.63, 3.8) is 0 Å². The van der Waals surface area contributed by atoms with Crippen LogP contribution >= 0.6 is 0 Å². The molecule has 0 saturated heterocycles. The van der Waals surface area contributed by atoms with Gasteiger partial charge in [-0.1, -0.05) is 0 Å². The first kappa shape index (κ1) is 7.52. The summed E-state index contributed by atoms with van der Waals surface area (Å²) in [6, 6.07) is 0. The van der Waals surface area contributed by atoms with Crippen molar-refractivity contribution in [3.05, 3.63) is 0 Å². The van der Waals surface area contributed by atoms with Gasteiger partial charge in [0.1, 0.15) is 0 Å². The fraction of sp³-hybridized carbons (Fsp3) is 1.00. The van der Waals surface area contributed by atoms with Gasteiger partial charge in [0, 0.05) is 0 Å². The average Bonchev–Trinajstić information content (AvgIpc) is 1.27. The Morgan fingerprint density at radius 3 is 1.14 bits per heavy atom. The molecule has 0 fully saturated rings. The summed E-state index contributed by atoms with van der Waals surface area (Å²) in [6.07, 6.45) is 0. The zero-order chi connectivity index (χ0) is 5.86. The van der Waals surface area contributed by atoms with Crippen LogP contribution in [0.1, 0.15) is 27.7 Å². The van der Waals surface area contributed by atoms with Gasteiger partial charge in [-0.05, 0) is 0 Å². The van der Waals surface area contributed by atoms with Gasteiger partial charge < -0.3 is 0 Å². The van der Waals surface area contributed by atoms with E-state index in [1.807, 2.05) is 0 Å². The van der Waals surface area contributed by atoms with Crippen LogP contribution in [-0.2, 0) is 15.0 Å². The third-order valence-electron chi connectivity index (χ3n) is 0.402. The van der Waals surface area contributed by atoms with Gasteiger partial charge >= 0.3 is 52.3 Å². The minimum atomic E-state index is 0.781. The molecule has 0 bridgehead atoms. The maximum absolute atomic E-state index is 2.22. The minimum absolute atomic E-state index is 0.781. The van der Waals surface area contributed by atoms with Crippen LogP contribution in [0, 0.1) is 0 Å². The standard InChI is InChI=1S/2C3H7.Cu/c2*1-3-2;/h2*3H,1-2H3;. The van der Waals surface area contributed by atoms with Gasteiger partial charge in [-0.3, -0.25) is 0 Å². The molecule has 0 N–H and O–H groups in total. The summed E-state index contributed by atoms with van der Waals surface area (Å²) in [5.41, 5.74) is 0. The molecule has 0 radical (unpaired) electrons. The predicted octanol–water partition coefficient (Wildman–Crippen LogP) is 2.73. The SMILES string of the molecule is C[CH](C)[Cu][CH](C)C. The van der Waals surface area contributed by atoms with Crippen LogP contribution in [0.4, 0.5) is 0 Å². The summed E-state index contributed by atoms with van der Waals surface area (Å²) in [6.45, 7) is 8.89. The van der Waals surface area contributed by atoms with Crippen LogP contribution in [-0.4, -0.2) is 0 Å². The molecule has 0 aromatic heterocycles. The topological polar surface area (TPSA) is 0 Å². The second-order valence-corrected chi connectivity index (χ2v) is 4.44. The van der Waals surface area contributed by atoms with Gasteiger partial charge in [-0.25, -0.2) is 0 Å². The van der Waals surface area contributed by atoms with Crippen LogP contribution in [0.15, 0.2) is 0 Å². The molecule has 0 aliphatic rings. The van der Waals surface area contributed by atoms with E-state index in [2.05, 4.69) is 42.7 Å². The third kappa shape index (κ3) is 6.52. The molecule has 0 aliphatic heterocycles. The Balaban J connectivity index is 2.95. The Labute approximate surface area is 52.8 Å². The monoisotopic (exact) mass is 149 g/mol. The molecule has 0 aliphatic carbocycles. The van der Waals surface area contributed by atoms with Crippen molar-refractivity contribution in [2.45, 2.75) is 37.3 Å². The van der Waals surface area contributed by atoms with Gasteiger partial charge in [0.2, 0.25) is 0 Å². The summed E-state index contributed by atoms with van der Waals surface area (Å²) >= 11 is 2.09. The fourth-order valence-corrected chi connectivity index (χ4v) is 1.66. The molecule has 0 saturated carbocycles. The molecule has 0 rings (SSSR count). The van der Waals surface area contributed by atoms with Crippen LogP contribution in [0.3, 0.4) is 0 Å². The van der Waals surface area contributed by atoms with E-state index in [1.165, 1.54) is 0 Å². The van der Waals surface area contributed by atoms with Crippen LogP contribution < -0.4 is 0 Å². The number of rotatable bonds is 2. The first-order valence-corrected chi connectivity index (χ1v) is 3.74. The van der Waals surface area contributed by atoms with E-state index >= 15 is 0 Å². The number of hydrogen-bond donors (Lipinski definition) is 0. The summed E-state index contributed by atoms with van der Waals surface area (Å²) in [5, 5.41) is 0. The third-order valence-corrected chi connectivity index (χ3v) is 1.66. The van der Waals surface area contributed by atoms with Crippen molar-refractivity contribution in [1.82, 2.24) is 0 Å². The Kier molecular flexibility index (Phi) is 3.77. The molecule has 0 aromatic carbocycles. The average molecular weight is 150 g/mol. The second-order valence-electron chi connectivity index (χ2n) is 1.95. The number of hydrogen-bond acceptors (Lipinski definition) is 0. The zero-order valence-electron chi connectivity index (χ0n) is 5.46. The molecule has 1 heteroatoms. The van der Waals surface area contributed by atoms with Crippen molar-refractivity contribution in [2.75, 3.05) is 0 Å².